The van der Waals surface area contributed by atoms with E-state index in [-0.39, 0.29) is 18.8 Å². The zero-order chi connectivity index (χ0) is 9.42. The van der Waals surface area contributed by atoms with Gasteiger partial charge in [0.1, 0.15) is 18.3 Å². The van der Waals surface area contributed by atoms with Crippen LogP contribution in [0.2, 0.25) is 0 Å². The Balaban J connectivity index is 2.08. The number of ether oxygens (including phenoxy) is 1. The zero-order valence-corrected chi connectivity index (χ0v) is 7.26. The van der Waals surface area contributed by atoms with Crippen molar-refractivity contribution in [1.82, 2.24) is 5.32 Å². The first-order chi connectivity index (χ1) is 6.24. The molecule has 2 heterocycles. The molecule has 76 valence electrons. The van der Waals surface area contributed by atoms with Crippen LogP contribution in [0.1, 0.15) is 6.42 Å². The van der Waals surface area contributed by atoms with Crippen LogP contribution < -0.4 is 5.32 Å². The molecule has 4 N–H and O–H groups in total. The number of fused-ring (bicyclic) bond motifs is 1. The Labute approximate surface area is 76.3 Å². The van der Waals surface area contributed by atoms with Crippen molar-refractivity contribution in [2.45, 2.75) is 36.9 Å². The maximum Gasteiger partial charge on any atom is 0.110 e. The summed E-state index contributed by atoms with van der Waals surface area (Å²) in [5, 5.41) is 31.1. The van der Waals surface area contributed by atoms with E-state index < -0.39 is 18.3 Å². The molecular weight excluding hydrogens is 174 g/mol. The van der Waals surface area contributed by atoms with Crippen LogP contribution in [0.4, 0.5) is 0 Å². The molecule has 13 heavy (non-hydrogen) atoms. The fraction of sp³-hybridized carbons (Fsp3) is 1.00. The maximum absolute atomic E-state index is 9.65. The highest BCUT2D eigenvalue weighted by atomic mass is 16.5. The number of hydrogen-bond donors (Lipinski definition) is 4. The Bertz CT molecular complexity index is 189. The summed E-state index contributed by atoms with van der Waals surface area (Å²) in [6.45, 7) is 0.540. The molecule has 2 aliphatic heterocycles. The van der Waals surface area contributed by atoms with Gasteiger partial charge in [-0.2, -0.15) is 0 Å². The summed E-state index contributed by atoms with van der Waals surface area (Å²) in [7, 11) is 0. The van der Waals surface area contributed by atoms with Crippen molar-refractivity contribution in [3.8, 4) is 0 Å². The Morgan fingerprint density at radius 2 is 2.08 bits per heavy atom. The summed E-state index contributed by atoms with van der Waals surface area (Å²) < 4.78 is 5.42. The van der Waals surface area contributed by atoms with Crippen molar-refractivity contribution in [2.75, 3.05) is 13.2 Å². The van der Waals surface area contributed by atoms with E-state index >= 15 is 0 Å². The van der Waals surface area contributed by atoms with Gasteiger partial charge in [0, 0.05) is 0 Å². The Morgan fingerprint density at radius 1 is 1.31 bits per heavy atom. The van der Waals surface area contributed by atoms with Gasteiger partial charge in [0.05, 0.1) is 18.8 Å². The molecule has 0 saturated carbocycles. The zero-order valence-electron chi connectivity index (χ0n) is 7.26. The molecule has 0 aliphatic carbocycles. The summed E-state index contributed by atoms with van der Waals surface area (Å²) in [5.74, 6) is 0. The highest BCUT2D eigenvalue weighted by Gasteiger charge is 2.45. The van der Waals surface area contributed by atoms with Gasteiger partial charge in [-0.25, -0.2) is 0 Å². The van der Waals surface area contributed by atoms with Gasteiger partial charge < -0.3 is 25.4 Å². The van der Waals surface area contributed by atoms with Gasteiger partial charge in [-0.15, -0.1) is 0 Å². The number of rotatable bonds is 1. The molecule has 2 aliphatic rings. The van der Waals surface area contributed by atoms with Gasteiger partial charge >= 0.3 is 0 Å². The topological polar surface area (TPSA) is 82.0 Å². The molecule has 5 atom stereocenters. The Morgan fingerprint density at radius 3 is 2.77 bits per heavy atom. The van der Waals surface area contributed by atoms with E-state index in [1.807, 2.05) is 0 Å². The van der Waals surface area contributed by atoms with E-state index in [4.69, 9.17) is 9.84 Å². The van der Waals surface area contributed by atoms with Crippen LogP contribution in [-0.4, -0.2) is 58.9 Å². The molecule has 2 saturated heterocycles. The summed E-state index contributed by atoms with van der Waals surface area (Å²) in [6.07, 6.45) is -1.72. The molecule has 0 radical (unpaired) electrons. The molecule has 5 nitrogen and oxygen atoms in total. The van der Waals surface area contributed by atoms with E-state index in [0.29, 0.717) is 0 Å². The van der Waals surface area contributed by atoms with Crippen LogP contribution in [-0.2, 0) is 4.74 Å². The predicted octanol–water partition coefficient (Wildman–Crippen LogP) is -2.17. The third kappa shape index (κ3) is 1.47. The van der Waals surface area contributed by atoms with E-state index in [1.54, 1.807) is 0 Å². The lowest BCUT2D eigenvalue weighted by Crippen LogP contribution is -2.59. The third-order valence-corrected chi connectivity index (χ3v) is 2.84. The van der Waals surface area contributed by atoms with Crippen molar-refractivity contribution < 1.29 is 20.1 Å². The second-order valence-corrected chi connectivity index (χ2v) is 3.65. The average Bonchev–Trinajstić information content (AvgIpc) is 2.59. The molecule has 5 heteroatoms. The lowest BCUT2D eigenvalue weighted by molar-refractivity contribution is -0.184. The van der Waals surface area contributed by atoms with Gasteiger partial charge in [-0.05, 0) is 13.0 Å². The third-order valence-electron chi connectivity index (χ3n) is 2.84. The van der Waals surface area contributed by atoms with Crippen LogP contribution >= 0.6 is 0 Å². The summed E-state index contributed by atoms with van der Waals surface area (Å²) in [6, 6.07) is -0.183. The van der Waals surface area contributed by atoms with Crippen LogP contribution in [0.15, 0.2) is 0 Å². The minimum atomic E-state index is -0.989. The van der Waals surface area contributed by atoms with Gasteiger partial charge in [-0.3, -0.25) is 0 Å². The minimum absolute atomic E-state index is 0.0736. The first-order valence-electron chi connectivity index (χ1n) is 4.60. The van der Waals surface area contributed by atoms with Gasteiger partial charge in [0.2, 0.25) is 0 Å². The van der Waals surface area contributed by atoms with Gasteiger partial charge in [-0.1, -0.05) is 0 Å². The first kappa shape index (κ1) is 9.36. The van der Waals surface area contributed by atoms with Crippen molar-refractivity contribution in [1.29, 1.82) is 0 Å². The predicted molar refractivity (Wildman–Crippen MR) is 44.2 cm³/mol. The molecule has 0 amide bonds. The monoisotopic (exact) mass is 189 g/mol. The Hall–Kier alpha value is -0.200. The standard InChI is InChI=1S/C8H15NO4/c10-3-5-7(11)8(12)6-4(13-5)1-2-9-6/h4-12H,1-3H2/t4-,5+,6+,7-,8+/m0/s1. The summed E-state index contributed by atoms with van der Waals surface area (Å²) in [4.78, 5) is 0. The highest BCUT2D eigenvalue weighted by molar-refractivity contribution is 4.99. The largest absolute Gasteiger partial charge is 0.394 e. The summed E-state index contributed by atoms with van der Waals surface area (Å²) in [5.41, 5.74) is 0. The molecular formula is C8H15NO4. The molecule has 0 aromatic heterocycles. The van der Waals surface area contributed by atoms with Crippen LogP contribution in [0.5, 0.6) is 0 Å². The first-order valence-corrected chi connectivity index (χ1v) is 4.60. The molecule has 0 unspecified atom stereocenters. The molecule has 0 bridgehead atoms. The second kappa shape index (κ2) is 3.51. The van der Waals surface area contributed by atoms with Crippen molar-refractivity contribution in [3.05, 3.63) is 0 Å². The fourth-order valence-corrected chi connectivity index (χ4v) is 2.09. The molecule has 2 rings (SSSR count). The van der Waals surface area contributed by atoms with Crippen LogP contribution in [0.25, 0.3) is 0 Å². The smallest absolute Gasteiger partial charge is 0.110 e. The molecule has 2 fully saturated rings. The SMILES string of the molecule is OC[C@H]1O[C@H]2CCN[C@H]2[C@@H](O)[C@H]1O. The van der Waals surface area contributed by atoms with Crippen molar-refractivity contribution >= 4 is 0 Å². The normalized spacial score (nSPS) is 50.5. The van der Waals surface area contributed by atoms with Crippen molar-refractivity contribution in [3.63, 3.8) is 0 Å². The van der Waals surface area contributed by atoms with Gasteiger partial charge in [0.25, 0.3) is 0 Å². The van der Waals surface area contributed by atoms with E-state index in [9.17, 15) is 10.2 Å². The minimum Gasteiger partial charge on any atom is -0.394 e. The number of nitrogens with one attached hydrogen (secondary N) is 1. The van der Waals surface area contributed by atoms with Gasteiger partial charge in [0.15, 0.2) is 0 Å². The van der Waals surface area contributed by atoms with Crippen LogP contribution in [0.3, 0.4) is 0 Å². The average molecular weight is 189 g/mol. The van der Waals surface area contributed by atoms with E-state index in [1.165, 1.54) is 0 Å². The fourth-order valence-electron chi connectivity index (χ4n) is 2.09. The second-order valence-electron chi connectivity index (χ2n) is 3.65. The lowest BCUT2D eigenvalue weighted by atomic mass is 9.94. The maximum atomic E-state index is 9.65. The highest BCUT2D eigenvalue weighted by Crippen LogP contribution is 2.25. The summed E-state index contributed by atoms with van der Waals surface area (Å²) >= 11 is 0. The number of hydrogen-bond acceptors (Lipinski definition) is 5. The number of aliphatic hydroxyl groups excluding tert-OH is 3. The van der Waals surface area contributed by atoms with E-state index in [0.717, 1.165) is 13.0 Å². The lowest BCUT2D eigenvalue weighted by Gasteiger charge is -2.39. The molecule has 0 aromatic rings. The van der Waals surface area contributed by atoms with Crippen LogP contribution in [0, 0.1) is 0 Å². The molecule has 0 spiro atoms. The molecule has 0 aromatic carbocycles. The quantitative estimate of drug-likeness (QED) is 0.377. The van der Waals surface area contributed by atoms with E-state index in [2.05, 4.69) is 5.32 Å². The Kier molecular flexibility index (Phi) is 2.53. The number of aliphatic hydroxyl groups is 3. The van der Waals surface area contributed by atoms with Crippen molar-refractivity contribution in [2.24, 2.45) is 0 Å².